The molecule has 1 saturated heterocycles. The van der Waals surface area contributed by atoms with Gasteiger partial charge in [-0.15, -0.1) is 0 Å². The Morgan fingerprint density at radius 2 is 1.68 bits per heavy atom. The summed E-state index contributed by atoms with van der Waals surface area (Å²) < 4.78 is 2.08. The van der Waals surface area contributed by atoms with Crippen molar-refractivity contribution in [3.05, 3.63) is 84.2 Å². The average Bonchev–Trinajstić information content (AvgIpc) is 3.33. The predicted octanol–water partition coefficient (Wildman–Crippen LogP) is 5.06. The van der Waals surface area contributed by atoms with Gasteiger partial charge in [0.1, 0.15) is 11.3 Å². The van der Waals surface area contributed by atoms with Crippen LogP contribution in [0.15, 0.2) is 73.0 Å². The Labute approximate surface area is 225 Å². The maximum atomic E-state index is 6.28. The molecular formula is C30H38N8. The van der Waals surface area contributed by atoms with E-state index in [1.807, 2.05) is 63.0 Å². The third kappa shape index (κ3) is 5.83. The molecule has 0 atom stereocenters. The molecule has 5 rings (SSSR count). The summed E-state index contributed by atoms with van der Waals surface area (Å²) in [6.45, 7) is 12.7. The minimum atomic E-state index is 0.438. The molecule has 4 heterocycles. The van der Waals surface area contributed by atoms with Crippen LogP contribution in [-0.2, 0) is 6.54 Å². The van der Waals surface area contributed by atoms with Crippen molar-refractivity contribution in [2.45, 2.75) is 34.2 Å². The summed E-state index contributed by atoms with van der Waals surface area (Å²) in [5.41, 5.74) is 12.8. The number of nitrogen functional groups attached to an aromatic ring is 1. The number of nitrogens with zero attached hydrogens (tertiary/aromatic N) is 6. The third-order valence-electron chi connectivity index (χ3n) is 6.54. The molecule has 198 valence electrons. The van der Waals surface area contributed by atoms with Crippen molar-refractivity contribution in [3.63, 3.8) is 0 Å². The standard InChI is InChI=1S/C28H32N8.C2H6/c1-3-6-21(4-2)24-12-13-25-28(32-24)36(27(33-25)23-7-5-14-31-26(23)29)22-10-8-20(9-11-22)19-34-15-17-35(30)18-16-34;1-2/h3-14H,15-19,30H2,1-2H3,(H2,29,31);1-2H3/b6-3-,21-4+;. The van der Waals surface area contributed by atoms with Gasteiger partial charge < -0.3 is 5.73 Å². The van der Waals surface area contributed by atoms with Crippen LogP contribution < -0.4 is 11.6 Å². The Balaban J connectivity index is 0.00000164. The maximum Gasteiger partial charge on any atom is 0.165 e. The number of anilines is 1. The molecule has 1 fully saturated rings. The number of imidazole rings is 1. The molecule has 0 bridgehead atoms. The molecule has 0 spiro atoms. The van der Waals surface area contributed by atoms with Crippen molar-refractivity contribution >= 4 is 22.6 Å². The number of aromatic nitrogens is 4. The molecule has 0 amide bonds. The number of nitrogens with two attached hydrogens (primary N) is 2. The predicted molar refractivity (Wildman–Crippen MR) is 157 cm³/mol. The lowest BCUT2D eigenvalue weighted by Crippen LogP contribution is -2.48. The second-order valence-corrected chi connectivity index (χ2v) is 8.97. The fourth-order valence-electron chi connectivity index (χ4n) is 4.59. The molecule has 38 heavy (non-hydrogen) atoms. The average molecular weight is 511 g/mol. The van der Waals surface area contributed by atoms with E-state index in [9.17, 15) is 0 Å². The fourth-order valence-corrected chi connectivity index (χ4v) is 4.59. The van der Waals surface area contributed by atoms with Gasteiger partial charge in [-0.2, -0.15) is 0 Å². The quantitative estimate of drug-likeness (QED) is 0.276. The normalized spacial score (nSPS) is 15.1. The molecule has 1 aromatic carbocycles. The monoisotopic (exact) mass is 510 g/mol. The summed E-state index contributed by atoms with van der Waals surface area (Å²) in [6.07, 6.45) is 7.84. The Kier molecular flexibility index (Phi) is 9.02. The molecule has 4 aromatic rings. The van der Waals surface area contributed by atoms with E-state index in [4.69, 9.17) is 21.5 Å². The fraction of sp³-hybridized carbons (Fsp3) is 0.300. The van der Waals surface area contributed by atoms with Crippen LogP contribution in [0.5, 0.6) is 0 Å². The summed E-state index contributed by atoms with van der Waals surface area (Å²) in [5.74, 6) is 7.07. The van der Waals surface area contributed by atoms with E-state index in [0.717, 1.165) is 72.2 Å². The molecule has 8 nitrogen and oxygen atoms in total. The number of allylic oxidation sites excluding steroid dienone is 4. The largest absolute Gasteiger partial charge is 0.383 e. The summed E-state index contributed by atoms with van der Waals surface area (Å²) in [4.78, 5) is 16.7. The maximum absolute atomic E-state index is 6.28. The topological polar surface area (TPSA) is 102 Å². The van der Waals surface area contributed by atoms with Crippen LogP contribution >= 0.6 is 0 Å². The Morgan fingerprint density at radius 1 is 0.947 bits per heavy atom. The van der Waals surface area contributed by atoms with E-state index < -0.39 is 0 Å². The zero-order valence-corrected chi connectivity index (χ0v) is 22.8. The smallest absolute Gasteiger partial charge is 0.165 e. The van der Waals surface area contributed by atoms with E-state index in [1.54, 1.807) is 6.20 Å². The van der Waals surface area contributed by atoms with Crippen LogP contribution in [0.1, 0.15) is 39.0 Å². The number of piperazine rings is 1. The first-order valence-corrected chi connectivity index (χ1v) is 13.3. The summed E-state index contributed by atoms with van der Waals surface area (Å²) >= 11 is 0. The first-order chi connectivity index (χ1) is 18.6. The van der Waals surface area contributed by atoms with Gasteiger partial charge in [-0.3, -0.25) is 15.3 Å². The van der Waals surface area contributed by atoms with Crippen molar-refractivity contribution in [1.29, 1.82) is 0 Å². The van der Waals surface area contributed by atoms with Crippen LogP contribution in [0.2, 0.25) is 0 Å². The first kappa shape index (κ1) is 27.2. The van der Waals surface area contributed by atoms with Crippen LogP contribution in [0, 0.1) is 0 Å². The minimum absolute atomic E-state index is 0.438. The number of hydrazine groups is 1. The lowest BCUT2D eigenvalue weighted by Gasteiger charge is -2.31. The molecule has 0 radical (unpaired) electrons. The van der Waals surface area contributed by atoms with Gasteiger partial charge in [0.2, 0.25) is 0 Å². The van der Waals surface area contributed by atoms with Gasteiger partial charge >= 0.3 is 0 Å². The SMILES string of the molecule is C/C=C\C(=C/C)c1ccc2nc(-c3cccnc3N)n(-c3ccc(CN4CCN(N)CC4)cc3)c2n1.CC. The second kappa shape index (κ2) is 12.6. The van der Waals surface area contributed by atoms with Gasteiger partial charge in [-0.05, 0) is 61.4 Å². The van der Waals surface area contributed by atoms with Crippen molar-refractivity contribution in [1.82, 2.24) is 29.4 Å². The lowest BCUT2D eigenvalue weighted by molar-refractivity contribution is 0.128. The van der Waals surface area contributed by atoms with E-state index in [1.165, 1.54) is 5.56 Å². The van der Waals surface area contributed by atoms with Crippen molar-refractivity contribution < 1.29 is 0 Å². The molecule has 3 aromatic heterocycles. The van der Waals surface area contributed by atoms with Gasteiger partial charge in [-0.1, -0.05) is 44.2 Å². The van der Waals surface area contributed by atoms with Gasteiger partial charge in [0.05, 0.1) is 11.3 Å². The Morgan fingerprint density at radius 3 is 2.34 bits per heavy atom. The van der Waals surface area contributed by atoms with Crippen LogP contribution in [-0.4, -0.2) is 55.6 Å². The summed E-state index contributed by atoms with van der Waals surface area (Å²) in [5, 5.41) is 1.88. The van der Waals surface area contributed by atoms with Gasteiger partial charge in [0.15, 0.2) is 11.5 Å². The van der Waals surface area contributed by atoms with Crippen LogP contribution in [0.4, 0.5) is 5.82 Å². The minimum Gasteiger partial charge on any atom is -0.383 e. The number of fused-ring (bicyclic) bond motifs is 1. The molecular weight excluding hydrogens is 472 g/mol. The summed E-state index contributed by atoms with van der Waals surface area (Å²) in [7, 11) is 0. The van der Waals surface area contributed by atoms with E-state index in [-0.39, 0.29) is 0 Å². The molecule has 0 aliphatic carbocycles. The molecule has 1 aliphatic rings. The van der Waals surface area contributed by atoms with Crippen molar-refractivity contribution in [3.8, 4) is 17.1 Å². The molecule has 1 aliphatic heterocycles. The highest BCUT2D eigenvalue weighted by Crippen LogP contribution is 2.31. The molecule has 0 unspecified atom stereocenters. The van der Waals surface area contributed by atoms with Gasteiger partial charge in [0.25, 0.3) is 0 Å². The second-order valence-electron chi connectivity index (χ2n) is 8.97. The molecule has 8 heteroatoms. The van der Waals surface area contributed by atoms with Crippen molar-refractivity contribution in [2.24, 2.45) is 5.84 Å². The third-order valence-corrected chi connectivity index (χ3v) is 6.54. The van der Waals surface area contributed by atoms with Crippen molar-refractivity contribution in [2.75, 3.05) is 31.9 Å². The summed E-state index contributed by atoms with van der Waals surface area (Å²) in [6, 6.07) is 16.5. The molecule has 4 N–H and O–H groups in total. The Bertz CT molecular complexity index is 1410. The highest BCUT2D eigenvalue weighted by Gasteiger charge is 2.19. The lowest BCUT2D eigenvalue weighted by atomic mass is 10.1. The van der Waals surface area contributed by atoms with E-state index in [2.05, 4.69) is 50.9 Å². The number of rotatable bonds is 6. The van der Waals surface area contributed by atoms with Gasteiger partial charge in [0, 0.05) is 44.6 Å². The number of hydrogen-bond acceptors (Lipinski definition) is 7. The number of benzene rings is 1. The highest BCUT2D eigenvalue weighted by atomic mass is 15.4. The van der Waals surface area contributed by atoms with Crippen LogP contribution in [0.25, 0.3) is 33.8 Å². The van der Waals surface area contributed by atoms with Crippen LogP contribution in [0.3, 0.4) is 0 Å². The van der Waals surface area contributed by atoms with E-state index in [0.29, 0.717) is 5.82 Å². The van der Waals surface area contributed by atoms with E-state index >= 15 is 0 Å². The number of hydrogen-bond donors (Lipinski definition) is 2. The van der Waals surface area contributed by atoms with Gasteiger partial charge in [-0.25, -0.2) is 20.0 Å². The molecule has 0 saturated carbocycles. The zero-order valence-electron chi connectivity index (χ0n) is 22.8. The number of pyridine rings is 2. The Hall–Kier alpha value is -3.85. The highest BCUT2D eigenvalue weighted by molar-refractivity contribution is 5.85. The zero-order chi connectivity index (χ0) is 27.1. The first-order valence-electron chi connectivity index (χ1n) is 13.3.